The number of carbonyl (C=O) groups excluding carboxylic acids is 2. The third-order valence-corrected chi connectivity index (χ3v) is 14.5. The van der Waals surface area contributed by atoms with Gasteiger partial charge in [-0.25, -0.2) is 4.57 Å². The van der Waals surface area contributed by atoms with Gasteiger partial charge < -0.3 is 18.9 Å². The number of quaternary nitrogens is 1. The van der Waals surface area contributed by atoms with Gasteiger partial charge >= 0.3 is 19.8 Å². The maximum Gasteiger partial charge on any atom is 0.472 e. The molecule has 9 nitrogen and oxygen atoms in total. The predicted octanol–water partition coefficient (Wildman–Crippen LogP) is 22.8. The molecule has 0 aromatic rings. The Morgan fingerprint density at radius 2 is 0.600 bits per heavy atom. The molecule has 90 heavy (non-hydrogen) atoms. The number of allylic oxidation sites excluding steroid dienone is 36. The van der Waals surface area contributed by atoms with Gasteiger partial charge in [-0.2, -0.15) is 0 Å². The molecular weight excluding hydrogens is 1130 g/mol. The van der Waals surface area contributed by atoms with Crippen LogP contribution in [0.4, 0.5) is 0 Å². The molecule has 0 aliphatic carbocycles. The Morgan fingerprint density at radius 3 is 0.911 bits per heavy atom. The number of likely N-dealkylation sites (N-methyl/N-ethyl adjacent to an activating group) is 1. The summed E-state index contributed by atoms with van der Waals surface area (Å²) in [5.41, 5.74) is 0. The molecule has 0 rings (SSSR count). The van der Waals surface area contributed by atoms with Gasteiger partial charge in [0.05, 0.1) is 27.7 Å². The summed E-state index contributed by atoms with van der Waals surface area (Å²) in [5, 5.41) is 0. The number of esters is 2. The third-order valence-electron chi connectivity index (χ3n) is 13.5. The lowest BCUT2D eigenvalue weighted by Crippen LogP contribution is -2.37. The number of nitrogens with zero attached hydrogens (tertiary/aromatic N) is 1. The van der Waals surface area contributed by atoms with Crippen LogP contribution in [0, 0.1) is 0 Å². The molecule has 0 fully saturated rings. The van der Waals surface area contributed by atoms with Crippen molar-refractivity contribution < 1.29 is 42.1 Å². The maximum absolute atomic E-state index is 12.9. The molecule has 0 bridgehead atoms. The molecule has 1 N–H and O–H groups in total. The number of ether oxygens (including phenoxy) is 2. The number of carbonyl (C=O) groups is 2. The van der Waals surface area contributed by atoms with Crippen LogP contribution in [0.15, 0.2) is 219 Å². The van der Waals surface area contributed by atoms with E-state index in [1.165, 1.54) is 25.7 Å². The number of hydrogen-bond donors (Lipinski definition) is 1. The first-order chi connectivity index (χ1) is 44.0. The quantitative estimate of drug-likeness (QED) is 0.0211. The van der Waals surface area contributed by atoms with Gasteiger partial charge in [0.1, 0.15) is 19.8 Å². The highest BCUT2D eigenvalue weighted by Crippen LogP contribution is 2.43. The van der Waals surface area contributed by atoms with Crippen LogP contribution in [0.2, 0.25) is 0 Å². The lowest BCUT2D eigenvalue weighted by Gasteiger charge is -2.24. The summed E-state index contributed by atoms with van der Waals surface area (Å²) >= 11 is 0. The topological polar surface area (TPSA) is 108 Å². The van der Waals surface area contributed by atoms with Crippen LogP contribution in [0.3, 0.4) is 0 Å². The highest BCUT2D eigenvalue weighted by atomic mass is 31.2. The lowest BCUT2D eigenvalue weighted by molar-refractivity contribution is -0.870. The van der Waals surface area contributed by atoms with Crippen LogP contribution >= 0.6 is 7.82 Å². The van der Waals surface area contributed by atoms with Crippen molar-refractivity contribution >= 4 is 19.8 Å². The van der Waals surface area contributed by atoms with E-state index in [0.717, 1.165) is 154 Å². The van der Waals surface area contributed by atoms with Crippen molar-refractivity contribution in [2.24, 2.45) is 0 Å². The molecule has 0 spiro atoms. The number of hydrogen-bond acceptors (Lipinski definition) is 7. The molecule has 0 radical (unpaired) electrons. The van der Waals surface area contributed by atoms with Crippen molar-refractivity contribution in [2.45, 2.75) is 225 Å². The molecule has 0 amide bonds. The first kappa shape index (κ1) is 84.3. The Bertz CT molecular complexity index is 2320. The minimum Gasteiger partial charge on any atom is -0.462 e. The summed E-state index contributed by atoms with van der Waals surface area (Å²) in [6.45, 7) is 4.11. The van der Waals surface area contributed by atoms with E-state index in [0.29, 0.717) is 23.9 Å². The summed E-state index contributed by atoms with van der Waals surface area (Å²) in [5.74, 6) is -0.877. The number of phosphoric acid groups is 1. The fourth-order valence-electron chi connectivity index (χ4n) is 8.29. The van der Waals surface area contributed by atoms with E-state index < -0.39 is 32.5 Å². The number of phosphoric ester groups is 1. The predicted molar refractivity (Wildman–Crippen MR) is 389 cm³/mol. The van der Waals surface area contributed by atoms with E-state index in [9.17, 15) is 19.0 Å². The van der Waals surface area contributed by atoms with Gasteiger partial charge in [-0.3, -0.25) is 18.6 Å². The van der Waals surface area contributed by atoms with Crippen LogP contribution < -0.4 is 0 Å². The van der Waals surface area contributed by atoms with Crippen molar-refractivity contribution in [2.75, 3.05) is 47.5 Å². The Morgan fingerprint density at radius 1 is 0.344 bits per heavy atom. The maximum atomic E-state index is 12.9. The van der Waals surface area contributed by atoms with E-state index in [1.54, 1.807) is 0 Å². The van der Waals surface area contributed by atoms with Crippen molar-refractivity contribution in [1.82, 2.24) is 0 Å². The summed E-state index contributed by atoms with van der Waals surface area (Å²) in [7, 11) is 1.41. The van der Waals surface area contributed by atoms with Crippen molar-refractivity contribution in [1.29, 1.82) is 0 Å². The van der Waals surface area contributed by atoms with Crippen LogP contribution in [0.1, 0.15) is 219 Å². The van der Waals surface area contributed by atoms with Crippen LogP contribution in [-0.2, 0) is 32.7 Å². The summed E-state index contributed by atoms with van der Waals surface area (Å²) in [4.78, 5) is 35.8. The second-order valence-electron chi connectivity index (χ2n) is 23.1. The first-order valence-electron chi connectivity index (χ1n) is 34.5. The molecule has 0 aromatic heterocycles. The molecular formula is C80H125NO8P+. The molecule has 2 unspecified atom stereocenters. The Kier molecular flexibility index (Phi) is 63.4. The second-order valence-corrected chi connectivity index (χ2v) is 24.5. The largest absolute Gasteiger partial charge is 0.472 e. The highest BCUT2D eigenvalue weighted by Gasteiger charge is 2.27. The van der Waals surface area contributed by atoms with Gasteiger partial charge in [0.25, 0.3) is 0 Å². The Labute approximate surface area is 550 Å². The molecule has 0 aliphatic heterocycles. The van der Waals surface area contributed by atoms with Crippen LogP contribution in [0.25, 0.3) is 0 Å². The monoisotopic (exact) mass is 1260 g/mol. The second kappa shape index (κ2) is 67.7. The number of rotatable bonds is 60. The van der Waals surface area contributed by atoms with Gasteiger partial charge in [-0.1, -0.05) is 271 Å². The van der Waals surface area contributed by atoms with Gasteiger partial charge in [0.15, 0.2) is 6.10 Å². The fraction of sp³-hybridized carbons (Fsp3) is 0.525. The standard InChI is InChI=1S/C80H124NO8P/c1-6-8-10-12-14-16-18-20-22-24-26-28-30-32-34-35-36-37-38-39-40-41-42-43-44-45-47-49-51-53-55-57-59-61-63-65-67-69-71-73-80(83)89-78(77-88-90(84,85)87-75-74-81(3,4)5)76-86-79(82)72-70-68-66-64-62-60-58-56-54-52-50-48-46-33-31-29-27-25-23-21-19-17-15-13-11-9-7-2/h8-11,14-17,20-23,26-29,32-34,36-37,39-40,42-43,45-47,50-53,57,59,63,65,78H,6-7,12-13,18-19,24-25,30-31,35,38,41,44,48-49,54-56,58,60-62,64,66-77H2,1-5H3/p+1/b10-8-,11-9-,16-14-,17-15-,22-20-,23-21-,28-26-,29-27-,34-32-,37-36-,40-39-,43-42-,46-33-,47-45-,52-50-,53-51-,59-57-,65-63-. The molecule has 0 heterocycles. The lowest BCUT2D eigenvalue weighted by atomic mass is 10.1. The summed E-state index contributed by atoms with van der Waals surface area (Å²) < 4.78 is 34.6. The molecule has 0 aromatic carbocycles. The van der Waals surface area contributed by atoms with Gasteiger partial charge in [0, 0.05) is 12.8 Å². The zero-order valence-electron chi connectivity index (χ0n) is 57.0. The smallest absolute Gasteiger partial charge is 0.462 e. The first-order valence-corrected chi connectivity index (χ1v) is 36.0. The molecule has 0 saturated carbocycles. The van der Waals surface area contributed by atoms with Crippen molar-refractivity contribution in [3.63, 3.8) is 0 Å². The fourth-order valence-corrected chi connectivity index (χ4v) is 9.03. The molecule has 10 heteroatoms. The number of unbranched alkanes of at least 4 members (excludes halogenated alkanes) is 10. The minimum atomic E-state index is -4.42. The Balaban J connectivity index is 4.27. The zero-order valence-corrected chi connectivity index (χ0v) is 57.9. The molecule has 0 saturated heterocycles. The molecule has 2 atom stereocenters. The average Bonchev–Trinajstić information content (AvgIpc) is 3.58. The third kappa shape index (κ3) is 71.4. The van der Waals surface area contributed by atoms with E-state index in [2.05, 4.69) is 233 Å². The normalized spacial score (nSPS) is 14.5. The van der Waals surface area contributed by atoms with E-state index in [-0.39, 0.29) is 26.1 Å². The molecule has 502 valence electrons. The summed E-state index contributed by atoms with van der Waals surface area (Å²) in [6, 6.07) is 0. The van der Waals surface area contributed by atoms with Gasteiger partial charge in [-0.05, 0) is 154 Å². The average molecular weight is 1260 g/mol. The molecule has 0 aliphatic rings. The van der Waals surface area contributed by atoms with Crippen molar-refractivity contribution in [3.8, 4) is 0 Å². The van der Waals surface area contributed by atoms with E-state index in [4.69, 9.17) is 18.5 Å². The van der Waals surface area contributed by atoms with Gasteiger partial charge in [0.2, 0.25) is 0 Å². The van der Waals surface area contributed by atoms with Crippen LogP contribution in [-0.4, -0.2) is 74.9 Å². The van der Waals surface area contributed by atoms with Gasteiger partial charge in [-0.15, -0.1) is 0 Å². The van der Waals surface area contributed by atoms with E-state index >= 15 is 0 Å². The minimum absolute atomic E-state index is 0.00860. The SMILES string of the molecule is CC/C=C\C/C=C\C/C=C\C/C=C\C/C=C\C/C=C\C/C=C\C/C=C\C/C=C\C/C=C\C/C=C\C/C=C\CCCCC(=O)OC(COC(=O)CCCCCCCCCC/C=C\C/C=C\C/C=C\C/C=C\C/C=C\C/C=C\CC)COP(=O)(O)OCC[N+](C)(C)C. The van der Waals surface area contributed by atoms with Crippen molar-refractivity contribution in [3.05, 3.63) is 219 Å². The summed E-state index contributed by atoms with van der Waals surface area (Å²) in [6.07, 6.45) is 109. The van der Waals surface area contributed by atoms with E-state index in [1.807, 2.05) is 21.1 Å². The highest BCUT2D eigenvalue weighted by molar-refractivity contribution is 7.47. The Hall–Kier alpha value is -5.67. The zero-order chi connectivity index (χ0) is 65.5. The van der Waals surface area contributed by atoms with Crippen LogP contribution in [0.5, 0.6) is 0 Å².